The third-order valence-corrected chi connectivity index (χ3v) is 2.23. The lowest BCUT2D eigenvalue weighted by Crippen LogP contribution is -1.87. The van der Waals surface area contributed by atoms with Gasteiger partial charge in [-0.1, -0.05) is 0 Å². The van der Waals surface area contributed by atoms with E-state index in [1.54, 1.807) is 0 Å². The molecule has 0 aliphatic heterocycles. The van der Waals surface area contributed by atoms with E-state index in [1.165, 1.54) is 6.20 Å². The van der Waals surface area contributed by atoms with Crippen molar-refractivity contribution in [3.8, 4) is 0 Å². The van der Waals surface area contributed by atoms with Gasteiger partial charge in [0.05, 0.1) is 16.5 Å². The molecule has 0 N–H and O–H groups in total. The Morgan fingerprint density at radius 1 is 1.60 bits per heavy atom. The van der Waals surface area contributed by atoms with E-state index in [0.717, 1.165) is 6.20 Å². The van der Waals surface area contributed by atoms with E-state index in [9.17, 15) is 4.39 Å². The second-order valence-corrected chi connectivity index (χ2v) is 2.79. The van der Waals surface area contributed by atoms with Crippen LogP contribution in [0.3, 0.4) is 0 Å². The second-order valence-electron chi connectivity index (χ2n) is 1.73. The zero-order valence-corrected chi connectivity index (χ0v) is 7.28. The summed E-state index contributed by atoms with van der Waals surface area (Å²) in [5, 5.41) is 0. The number of aromatic nitrogens is 1. The third-order valence-electron chi connectivity index (χ3n) is 1.05. The molecular weight excluding hydrogens is 220 g/mol. The van der Waals surface area contributed by atoms with Crippen molar-refractivity contribution in [1.82, 2.24) is 4.98 Å². The Hall–Kier alpha value is -0.150. The smallest absolute Gasteiger partial charge is 0.155 e. The molecule has 1 nitrogen and oxygen atoms in total. The van der Waals surface area contributed by atoms with E-state index in [0.29, 0.717) is 10.0 Å². The quantitative estimate of drug-likeness (QED) is 0.669. The normalized spacial score (nSPS) is 9.90. The van der Waals surface area contributed by atoms with Crippen LogP contribution >= 0.6 is 27.5 Å². The van der Waals surface area contributed by atoms with Crippen LogP contribution in [0.15, 0.2) is 16.9 Å². The van der Waals surface area contributed by atoms with Crippen LogP contribution in [-0.2, 0) is 5.88 Å². The number of rotatable bonds is 1. The van der Waals surface area contributed by atoms with Gasteiger partial charge in [-0.3, -0.25) is 4.98 Å². The van der Waals surface area contributed by atoms with Gasteiger partial charge in [0.25, 0.3) is 0 Å². The highest BCUT2D eigenvalue weighted by molar-refractivity contribution is 9.10. The van der Waals surface area contributed by atoms with Crippen molar-refractivity contribution < 1.29 is 4.39 Å². The van der Waals surface area contributed by atoms with Gasteiger partial charge >= 0.3 is 0 Å². The Bertz CT molecular complexity index is 241. The molecule has 0 saturated carbocycles. The SMILES string of the molecule is Fc1cncc(CCl)c1Br. The summed E-state index contributed by atoms with van der Waals surface area (Å²) in [4.78, 5) is 3.63. The molecule has 0 fully saturated rings. The number of hydrogen-bond donors (Lipinski definition) is 0. The minimum Gasteiger partial charge on any atom is -0.261 e. The molecule has 0 aliphatic rings. The number of pyridine rings is 1. The molecule has 54 valence electrons. The molecule has 0 radical (unpaired) electrons. The molecule has 0 amide bonds. The maximum absolute atomic E-state index is 12.6. The summed E-state index contributed by atoms with van der Waals surface area (Å²) in [6, 6.07) is 0. The van der Waals surface area contributed by atoms with Crippen molar-refractivity contribution >= 4 is 27.5 Å². The molecule has 0 unspecified atom stereocenters. The summed E-state index contributed by atoms with van der Waals surface area (Å²) in [6.45, 7) is 0. The summed E-state index contributed by atoms with van der Waals surface area (Å²) in [7, 11) is 0. The van der Waals surface area contributed by atoms with E-state index >= 15 is 0 Å². The molecule has 0 aliphatic carbocycles. The molecule has 0 atom stereocenters. The lowest BCUT2D eigenvalue weighted by atomic mass is 10.3. The fraction of sp³-hybridized carbons (Fsp3) is 0.167. The summed E-state index contributed by atoms with van der Waals surface area (Å²) in [5.41, 5.74) is 0.668. The van der Waals surface area contributed by atoms with Crippen molar-refractivity contribution in [1.29, 1.82) is 0 Å². The summed E-state index contributed by atoms with van der Waals surface area (Å²) in [5.74, 6) is -0.108. The predicted molar refractivity (Wildman–Crippen MR) is 41.5 cm³/mol. The van der Waals surface area contributed by atoms with Crippen LogP contribution in [0.25, 0.3) is 0 Å². The molecule has 4 heteroatoms. The summed E-state index contributed by atoms with van der Waals surface area (Å²) >= 11 is 8.51. The van der Waals surface area contributed by atoms with Crippen molar-refractivity contribution in [2.45, 2.75) is 5.88 Å². The lowest BCUT2D eigenvalue weighted by Gasteiger charge is -1.97. The first kappa shape index (κ1) is 7.95. The van der Waals surface area contributed by atoms with Gasteiger partial charge in [0.1, 0.15) is 0 Å². The van der Waals surface area contributed by atoms with E-state index in [2.05, 4.69) is 20.9 Å². The number of halogens is 3. The van der Waals surface area contributed by atoms with Gasteiger partial charge in [0.2, 0.25) is 0 Å². The molecule has 0 saturated heterocycles. The first-order chi connectivity index (χ1) is 4.75. The lowest BCUT2D eigenvalue weighted by molar-refractivity contribution is 0.612. The summed E-state index contributed by atoms with van der Waals surface area (Å²) < 4.78 is 13.0. The van der Waals surface area contributed by atoms with Gasteiger partial charge in [-0.2, -0.15) is 0 Å². The maximum Gasteiger partial charge on any atom is 0.155 e. The van der Waals surface area contributed by atoms with Gasteiger partial charge < -0.3 is 0 Å². The van der Waals surface area contributed by atoms with Crippen LogP contribution in [0.1, 0.15) is 5.56 Å². The Labute approximate surface area is 71.4 Å². The molecule has 1 aromatic heterocycles. The number of hydrogen-bond acceptors (Lipinski definition) is 1. The van der Waals surface area contributed by atoms with Gasteiger partial charge in [-0.15, -0.1) is 11.6 Å². The minimum atomic E-state index is -0.377. The van der Waals surface area contributed by atoms with Crippen LogP contribution in [0.2, 0.25) is 0 Å². The molecular formula is C6H4BrClFN. The van der Waals surface area contributed by atoms with Gasteiger partial charge in [-0.05, 0) is 15.9 Å². The van der Waals surface area contributed by atoms with Gasteiger partial charge in [0, 0.05) is 11.8 Å². The maximum atomic E-state index is 12.6. The molecule has 1 heterocycles. The van der Waals surface area contributed by atoms with Crippen LogP contribution in [0.4, 0.5) is 4.39 Å². The van der Waals surface area contributed by atoms with Gasteiger partial charge in [-0.25, -0.2) is 4.39 Å². The first-order valence-corrected chi connectivity index (χ1v) is 3.92. The van der Waals surface area contributed by atoms with Crippen molar-refractivity contribution in [3.63, 3.8) is 0 Å². The fourth-order valence-corrected chi connectivity index (χ4v) is 1.26. The molecule has 10 heavy (non-hydrogen) atoms. The molecule has 0 bridgehead atoms. The average molecular weight is 224 g/mol. The van der Waals surface area contributed by atoms with Crippen LogP contribution < -0.4 is 0 Å². The van der Waals surface area contributed by atoms with Crippen molar-refractivity contribution in [2.24, 2.45) is 0 Å². The van der Waals surface area contributed by atoms with Crippen LogP contribution in [-0.4, -0.2) is 4.98 Å². The Morgan fingerprint density at radius 2 is 2.30 bits per heavy atom. The largest absolute Gasteiger partial charge is 0.261 e. The van der Waals surface area contributed by atoms with Gasteiger partial charge in [0.15, 0.2) is 5.82 Å². The fourth-order valence-electron chi connectivity index (χ4n) is 0.553. The Morgan fingerprint density at radius 3 is 2.80 bits per heavy atom. The zero-order valence-electron chi connectivity index (χ0n) is 4.94. The topological polar surface area (TPSA) is 12.9 Å². The van der Waals surface area contributed by atoms with E-state index < -0.39 is 0 Å². The van der Waals surface area contributed by atoms with Crippen molar-refractivity contribution in [3.05, 3.63) is 28.2 Å². The molecule has 1 rings (SSSR count). The number of nitrogens with zero attached hydrogens (tertiary/aromatic N) is 1. The van der Waals surface area contributed by atoms with E-state index in [4.69, 9.17) is 11.6 Å². The monoisotopic (exact) mass is 223 g/mol. The Balaban J connectivity index is 3.14. The van der Waals surface area contributed by atoms with E-state index in [1.807, 2.05) is 0 Å². The number of alkyl halides is 1. The first-order valence-electron chi connectivity index (χ1n) is 2.59. The molecule has 1 aromatic rings. The second kappa shape index (κ2) is 3.30. The van der Waals surface area contributed by atoms with E-state index in [-0.39, 0.29) is 11.7 Å². The van der Waals surface area contributed by atoms with Crippen molar-refractivity contribution in [2.75, 3.05) is 0 Å². The Kier molecular flexibility index (Phi) is 2.63. The summed E-state index contributed by atoms with van der Waals surface area (Å²) in [6.07, 6.45) is 2.67. The minimum absolute atomic E-state index is 0.269. The highest BCUT2D eigenvalue weighted by Crippen LogP contribution is 2.20. The van der Waals surface area contributed by atoms with Crippen LogP contribution in [0.5, 0.6) is 0 Å². The predicted octanol–water partition coefficient (Wildman–Crippen LogP) is 2.72. The highest BCUT2D eigenvalue weighted by atomic mass is 79.9. The molecule has 0 aromatic carbocycles. The highest BCUT2D eigenvalue weighted by Gasteiger charge is 2.03. The molecule has 0 spiro atoms. The average Bonchev–Trinajstić information content (AvgIpc) is 1.95. The standard InChI is InChI=1S/C6H4BrClFN/c7-6-4(1-8)2-10-3-5(6)9/h2-3H,1H2. The zero-order chi connectivity index (χ0) is 7.56. The third kappa shape index (κ3) is 1.47. The van der Waals surface area contributed by atoms with Crippen LogP contribution in [0, 0.1) is 5.82 Å².